The van der Waals surface area contributed by atoms with Crippen LogP contribution in [0.5, 0.6) is 0 Å². The van der Waals surface area contributed by atoms with Crippen LogP contribution in [-0.2, 0) is 9.59 Å². The standard InChI is InChI=1S/C15H12BrNO4/c16-11-7-8(15(20)21)5-6-12(11)17-13(18)9-3-1-2-4-10(9)14(17)19/h5-7H,1-4H2,(H,20,21)/p-1. The van der Waals surface area contributed by atoms with Gasteiger partial charge in [-0.15, -0.1) is 0 Å². The number of carbonyl (C=O) groups excluding carboxylic acids is 3. The molecule has 1 aliphatic carbocycles. The van der Waals surface area contributed by atoms with Crippen molar-refractivity contribution in [3.05, 3.63) is 39.4 Å². The minimum absolute atomic E-state index is 0.0116. The minimum Gasteiger partial charge on any atom is -0.545 e. The van der Waals surface area contributed by atoms with Crippen molar-refractivity contribution < 1.29 is 19.5 Å². The molecule has 1 aromatic carbocycles. The Hall–Kier alpha value is -1.95. The average Bonchev–Trinajstić information content (AvgIpc) is 2.72. The van der Waals surface area contributed by atoms with E-state index in [2.05, 4.69) is 15.9 Å². The van der Waals surface area contributed by atoms with Crippen LogP contribution in [0.4, 0.5) is 5.69 Å². The van der Waals surface area contributed by atoms with Crippen LogP contribution in [0.3, 0.4) is 0 Å². The Kier molecular flexibility index (Phi) is 3.41. The van der Waals surface area contributed by atoms with Gasteiger partial charge in [-0.1, -0.05) is 6.07 Å². The summed E-state index contributed by atoms with van der Waals surface area (Å²) in [5.74, 6) is -1.90. The summed E-state index contributed by atoms with van der Waals surface area (Å²) in [6, 6.07) is 4.11. The molecule has 1 aromatic rings. The Labute approximate surface area is 129 Å². The summed E-state index contributed by atoms with van der Waals surface area (Å²) < 4.78 is 0.380. The zero-order valence-electron chi connectivity index (χ0n) is 11.0. The smallest absolute Gasteiger partial charge is 0.261 e. The fourth-order valence-corrected chi connectivity index (χ4v) is 3.33. The number of benzene rings is 1. The topological polar surface area (TPSA) is 77.5 Å². The van der Waals surface area contributed by atoms with Crippen LogP contribution in [0.1, 0.15) is 36.0 Å². The van der Waals surface area contributed by atoms with E-state index in [1.54, 1.807) is 0 Å². The third kappa shape index (κ3) is 2.19. The van der Waals surface area contributed by atoms with E-state index in [1.807, 2.05) is 0 Å². The number of anilines is 1. The molecule has 0 fully saturated rings. The van der Waals surface area contributed by atoms with Crippen molar-refractivity contribution in [2.45, 2.75) is 25.7 Å². The number of carboxylic acid groups (broad SMARTS) is 1. The lowest BCUT2D eigenvalue weighted by atomic mass is 9.93. The lowest BCUT2D eigenvalue weighted by molar-refractivity contribution is -0.255. The molecule has 3 rings (SSSR count). The average molecular weight is 349 g/mol. The fourth-order valence-electron chi connectivity index (χ4n) is 2.77. The van der Waals surface area contributed by atoms with Crippen LogP contribution in [0.25, 0.3) is 0 Å². The van der Waals surface area contributed by atoms with Gasteiger partial charge >= 0.3 is 0 Å². The lowest BCUT2D eigenvalue weighted by Crippen LogP contribution is -2.32. The Morgan fingerprint density at radius 1 is 1.10 bits per heavy atom. The van der Waals surface area contributed by atoms with E-state index >= 15 is 0 Å². The number of imide groups is 1. The number of hydrogen-bond acceptors (Lipinski definition) is 4. The van der Waals surface area contributed by atoms with Crippen molar-refractivity contribution in [3.8, 4) is 0 Å². The van der Waals surface area contributed by atoms with Crippen molar-refractivity contribution in [2.75, 3.05) is 4.90 Å². The number of halogens is 1. The number of nitrogens with zero attached hydrogens (tertiary/aromatic N) is 1. The zero-order chi connectivity index (χ0) is 15.1. The molecule has 108 valence electrons. The largest absolute Gasteiger partial charge is 0.545 e. The molecule has 21 heavy (non-hydrogen) atoms. The van der Waals surface area contributed by atoms with Gasteiger partial charge in [-0.2, -0.15) is 0 Å². The van der Waals surface area contributed by atoms with Crippen LogP contribution in [-0.4, -0.2) is 17.8 Å². The van der Waals surface area contributed by atoms with Crippen molar-refractivity contribution in [1.29, 1.82) is 0 Å². The number of hydrogen-bond donors (Lipinski definition) is 0. The van der Waals surface area contributed by atoms with E-state index < -0.39 is 5.97 Å². The van der Waals surface area contributed by atoms with E-state index in [4.69, 9.17) is 0 Å². The molecule has 0 N–H and O–H groups in total. The Bertz CT molecular complexity index is 680. The molecule has 0 atom stereocenters. The number of carbonyl (C=O) groups is 3. The first-order chi connectivity index (χ1) is 10.0. The molecule has 0 saturated heterocycles. The van der Waals surface area contributed by atoms with Crippen molar-refractivity contribution >= 4 is 39.4 Å². The summed E-state index contributed by atoms with van der Waals surface area (Å²) in [6.07, 6.45) is 3.09. The second-order valence-corrected chi connectivity index (χ2v) is 5.92. The van der Waals surface area contributed by atoms with Crippen LogP contribution in [0.2, 0.25) is 0 Å². The predicted octanol–water partition coefficient (Wildman–Crippen LogP) is 1.56. The van der Waals surface area contributed by atoms with Crippen LogP contribution in [0.15, 0.2) is 33.8 Å². The van der Waals surface area contributed by atoms with Gasteiger partial charge in [0.2, 0.25) is 0 Å². The van der Waals surface area contributed by atoms with E-state index in [1.165, 1.54) is 18.2 Å². The van der Waals surface area contributed by atoms with Gasteiger partial charge in [-0.05, 0) is 59.3 Å². The van der Waals surface area contributed by atoms with Crippen molar-refractivity contribution in [2.24, 2.45) is 0 Å². The van der Waals surface area contributed by atoms with Crippen LogP contribution in [0, 0.1) is 0 Å². The van der Waals surface area contributed by atoms with Crippen LogP contribution < -0.4 is 10.0 Å². The Morgan fingerprint density at radius 2 is 1.67 bits per heavy atom. The molecule has 0 radical (unpaired) electrons. The summed E-state index contributed by atoms with van der Waals surface area (Å²) >= 11 is 3.22. The van der Waals surface area contributed by atoms with Gasteiger partial charge in [0.05, 0.1) is 11.7 Å². The third-order valence-corrected chi connectivity index (χ3v) is 4.45. The van der Waals surface area contributed by atoms with Gasteiger partial charge < -0.3 is 9.90 Å². The van der Waals surface area contributed by atoms with Gasteiger partial charge in [0.1, 0.15) is 0 Å². The summed E-state index contributed by atoms with van der Waals surface area (Å²) in [6.45, 7) is 0. The van der Waals surface area contributed by atoms with E-state index in [9.17, 15) is 19.5 Å². The second kappa shape index (κ2) is 5.11. The second-order valence-electron chi connectivity index (χ2n) is 5.06. The zero-order valence-corrected chi connectivity index (χ0v) is 12.6. The summed E-state index contributed by atoms with van der Waals surface area (Å²) in [5, 5.41) is 10.8. The van der Waals surface area contributed by atoms with Gasteiger partial charge in [-0.25, -0.2) is 4.90 Å². The van der Waals surface area contributed by atoms with Crippen molar-refractivity contribution in [3.63, 3.8) is 0 Å². The number of rotatable bonds is 2. The van der Waals surface area contributed by atoms with E-state index in [0.717, 1.165) is 17.7 Å². The molecule has 0 bridgehead atoms. The molecule has 2 amide bonds. The lowest BCUT2D eigenvalue weighted by Gasteiger charge is -2.17. The van der Waals surface area contributed by atoms with Gasteiger partial charge in [-0.3, -0.25) is 9.59 Å². The van der Waals surface area contributed by atoms with Crippen molar-refractivity contribution in [1.82, 2.24) is 0 Å². The molecule has 0 saturated carbocycles. The highest BCUT2D eigenvalue weighted by atomic mass is 79.9. The molecule has 1 heterocycles. The molecule has 0 unspecified atom stereocenters. The molecule has 2 aliphatic rings. The van der Waals surface area contributed by atoms with Gasteiger partial charge in [0.25, 0.3) is 11.8 Å². The summed E-state index contributed by atoms with van der Waals surface area (Å²) in [7, 11) is 0. The molecule has 0 spiro atoms. The maximum absolute atomic E-state index is 12.4. The normalized spacial score (nSPS) is 18.2. The molecule has 6 heteroatoms. The molecule has 0 aromatic heterocycles. The Morgan fingerprint density at radius 3 is 2.14 bits per heavy atom. The molecular formula is C15H11BrNO4-. The van der Waals surface area contributed by atoms with Crippen LogP contribution >= 0.6 is 15.9 Å². The van der Waals surface area contributed by atoms with E-state index in [-0.39, 0.29) is 17.4 Å². The monoisotopic (exact) mass is 348 g/mol. The number of carboxylic acids is 1. The van der Waals surface area contributed by atoms with Gasteiger partial charge in [0, 0.05) is 15.6 Å². The quantitative estimate of drug-likeness (QED) is 0.759. The summed E-state index contributed by atoms with van der Waals surface area (Å²) in [5.41, 5.74) is 1.55. The Balaban J connectivity index is 2.01. The molecule has 1 aliphatic heterocycles. The SMILES string of the molecule is O=C([O-])c1ccc(N2C(=O)C3=C(CCCC3)C2=O)c(Br)c1. The fraction of sp³-hybridized carbons (Fsp3) is 0.267. The predicted molar refractivity (Wildman–Crippen MR) is 76.5 cm³/mol. The summed E-state index contributed by atoms with van der Waals surface area (Å²) in [4.78, 5) is 36.8. The highest BCUT2D eigenvalue weighted by Crippen LogP contribution is 2.38. The highest BCUT2D eigenvalue weighted by Gasteiger charge is 2.40. The minimum atomic E-state index is -1.31. The molecule has 5 nitrogen and oxygen atoms in total. The first kappa shape index (κ1) is 14.0. The molecular weight excluding hydrogens is 338 g/mol. The van der Waals surface area contributed by atoms with E-state index in [0.29, 0.717) is 34.1 Å². The number of aromatic carboxylic acids is 1. The number of amides is 2. The first-order valence-corrected chi connectivity index (χ1v) is 7.41. The maximum atomic E-state index is 12.4. The third-order valence-electron chi connectivity index (χ3n) is 3.81. The first-order valence-electron chi connectivity index (χ1n) is 6.62. The highest BCUT2D eigenvalue weighted by molar-refractivity contribution is 9.10. The maximum Gasteiger partial charge on any atom is 0.261 e. The van der Waals surface area contributed by atoms with Gasteiger partial charge in [0.15, 0.2) is 0 Å².